The van der Waals surface area contributed by atoms with Gasteiger partial charge in [0.15, 0.2) is 0 Å². The lowest BCUT2D eigenvalue weighted by atomic mass is 9.86. The molecule has 3 aromatic rings. The number of piperazine rings is 1. The molecule has 2 heterocycles. The molecule has 2 aliphatic heterocycles. The van der Waals surface area contributed by atoms with Crippen LogP contribution >= 0.6 is 11.6 Å². The van der Waals surface area contributed by atoms with E-state index in [9.17, 15) is 0 Å². The van der Waals surface area contributed by atoms with Gasteiger partial charge in [-0.3, -0.25) is 4.90 Å². The quantitative estimate of drug-likeness (QED) is 0.373. The third-order valence-electron chi connectivity index (χ3n) is 7.82. The fraction of sp³-hybridized carbons (Fsp3) is 0.400. The predicted molar refractivity (Wildman–Crippen MR) is 144 cm³/mol. The van der Waals surface area contributed by atoms with Gasteiger partial charge in [0.2, 0.25) is 0 Å². The van der Waals surface area contributed by atoms with Gasteiger partial charge in [0.05, 0.1) is 12.1 Å². The summed E-state index contributed by atoms with van der Waals surface area (Å²) in [4.78, 5) is 5.24. The van der Waals surface area contributed by atoms with E-state index in [1.54, 1.807) is 7.11 Å². The lowest BCUT2D eigenvalue weighted by molar-refractivity contribution is 0.0712. The van der Waals surface area contributed by atoms with Crippen LogP contribution in [-0.2, 0) is 6.61 Å². The largest absolute Gasteiger partial charge is 0.495 e. The average Bonchev–Trinajstić information content (AvgIpc) is 2.90. The molecule has 5 heteroatoms. The minimum Gasteiger partial charge on any atom is -0.495 e. The number of anilines is 1. The molecule has 2 fully saturated rings. The highest BCUT2D eigenvalue weighted by Gasteiger charge is 2.36. The molecule has 2 atom stereocenters. The molecule has 0 spiro atoms. The van der Waals surface area contributed by atoms with Crippen LogP contribution in [0.5, 0.6) is 11.5 Å². The van der Waals surface area contributed by atoms with E-state index >= 15 is 0 Å². The molecule has 2 saturated heterocycles. The van der Waals surface area contributed by atoms with Gasteiger partial charge in [-0.05, 0) is 73.6 Å². The minimum atomic E-state index is 0.470. The second-order valence-electron chi connectivity index (χ2n) is 9.78. The van der Waals surface area contributed by atoms with Gasteiger partial charge in [-0.25, -0.2) is 0 Å². The number of hydrogen-bond donors (Lipinski definition) is 0. The number of rotatable bonds is 6. The maximum absolute atomic E-state index is 6.26. The zero-order chi connectivity index (χ0) is 24.4. The number of ether oxygens (including phenoxy) is 2. The van der Waals surface area contributed by atoms with E-state index in [-0.39, 0.29) is 0 Å². The molecule has 0 saturated carbocycles. The Balaban J connectivity index is 1.31. The molecule has 0 aliphatic carbocycles. The van der Waals surface area contributed by atoms with Gasteiger partial charge in [0.1, 0.15) is 18.1 Å². The van der Waals surface area contributed by atoms with Gasteiger partial charge in [-0.1, -0.05) is 48.0 Å². The lowest BCUT2D eigenvalue weighted by Gasteiger charge is -2.49. The van der Waals surface area contributed by atoms with E-state index in [1.165, 1.54) is 47.2 Å². The third-order valence-corrected chi connectivity index (χ3v) is 8.13. The molecular formula is C30H35ClN2O2. The van der Waals surface area contributed by atoms with Crippen molar-refractivity contribution in [2.75, 3.05) is 31.6 Å². The van der Waals surface area contributed by atoms with Gasteiger partial charge >= 0.3 is 0 Å². The molecule has 3 aromatic carbocycles. The van der Waals surface area contributed by atoms with Crippen LogP contribution in [0.2, 0.25) is 5.02 Å². The van der Waals surface area contributed by atoms with E-state index in [0.29, 0.717) is 23.7 Å². The van der Waals surface area contributed by atoms with Crippen LogP contribution < -0.4 is 14.4 Å². The first-order chi connectivity index (χ1) is 17.0. The number of fused-ring (bicyclic) bond motifs is 1. The summed E-state index contributed by atoms with van der Waals surface area (Å²) in [5.41, 5.74) is 6.47. The fourth-order valence-corrected chi connectivity index (χ4v) is 5.93. The van der Waals surface area contributed by atoms with Crippen molar-refractivity contribution in [3.8, 4) is 11.5 Å². The summed E-state index contributed by atoms with van der Waals surface area (Å²) in [5, 5.41) is 0.662. The van der Waals surface area contributed by atoms with Crippen LogP contribution in [0.15, 0.2) is 60.7 Å². The number of halogens is 1. The van der Waals surface area contributed by atoms with Crippen molar-refractivity contribution >= 4 is 17.3 Å². The Bertz CT molecular complexity index is 1170. The molecule has 0 bridgehead atoms. The molecule has 35 heavy (non-hydrogen) atoms. The minimum absolute atomic E-state index is 0.470. The van der Waals surface area contributed by atoms with Gasteiger partial charge in [0, 0.05) is 43.5 Å². The number of benzene rings is 3. The highest BCUT2D eigenvalue weighted by Crippen LogP contribution is 2.40. The third kappa shape index (κ3) is 5.00. The Morgan fingerprint density at radius 1 is 0.914 bits per heavy atom. The maximum atomic E-state index is 6.26. The van der Waals surface area contributed by atoms with Crippen molar-refractivity contribution < 1.29 is 9.47 Å². The Labute approximate surface area is 214 Å². The average molecular weight is 491 g/mol. The van der Waals surface area contributed by atoms with Gasteiger partial charge in [-0.2, -0.15) is 0 Å². The van der Waals surface area contributed by atoms with Crippen molar-refractivity contribution in [2.24, 2.45) is 0 Å². The summed E-state index contributed by atoms with van der Waals surface area (Å²) in [6.45, 7) is 8.17. The summed E-state index contributed by atoms with van der Waals surface area (Å²) in [6, 6.07) is 22.0. The molecular weight excluding hydrogens is 456 g/mol. The fourth-order valence-electron chi connectivity index (χ4n) is 5.73. The van der Waals surface area contributed by atoms with Crippen molar-refractivity contribution in [2.45, 2.75) is 51.8 Å². The smallest absolute Gasteiger partial charge is 0.139 e. The van der Waals surface area contributed by atoms with Gasteiger partial charge in [-0.15, -0.1) is 0 Å². The zero-order valence-electron chi connectivity index (χ0n) is 21.0. The van der Waals surface area contributed by atoms with Crippen LogP contribution in [0.4, 0.5) is 5.69 Å². The monoisotopic (exact) mass is 490 g/mol. The summed E-state index contributed by atoms with van der Waals surface area (Å²) in [7, 11) is 1.68. The number of methoxy groups -OCH3 is 1. The van der Waals surface area contributed by atoms with E-state index in [0.717, 1.165) is 31.1 Å². The summed E-state index contributed by atoms with van der Waals surface area (Å²) >= 11 is 6.26. The molecule has 0 N–H and O–H groups in total. The van der Waals surface area contributed by atoms with Crippen LogP contribution in [0.1, 0.15) is 47.6 Å². The molecule has 184 valence electrons. The molecule has 0 amide bonds. The molecule has 0 radical (unpaired) electrons. The second kappa shape index (κ2) is 10.5. The molecule has 1 unspecified atom stereocenters. The molecule has 5 rings (SSSR count). The van der Waals surface area contributed by atoms with Crippen molar-refractivity contribution in [1.29, 1.82) is 0 Å². The van der Waals surface area contributed by atoms with Crippen molar-refractivity contribution in [3.05, 3.63) is 87.9 Å². The highest BCUT2D eigenvalue weighted by molar-refractivity contribution is 6.32. The standard InChI is InChI=1S/C30H35ClN2O2/c1-21-22(2)29(35-20-23-8-5-4-6-9-23)15-13-26(21)28-11-7-10-25-19-32(16-17-33(25)28)24-12-14-27(31)30(18-24)34-3/h4-6,8-9,12-15,18,25,28H,7,10-11,16-17,19-20H2,1-3H3/t25?,28-/m1/s1. The number of piperidine rings is 1. The van der Waals surface area contributed by atoms with Gasteiger partial charge < -0.3 is 14.4 Å². The Morgan fingerprint density at radius 2 is 1.74 bits per heavy atom. The Hall–Kier alpha value is -2.69. The topological polar surface area (TPSA) is 24.9 Å². The number of nitrogens with zero attached hydrogens (tertiary/aromatic N) is 2. The number of hydrogen-bond acceptors (Lipinski definition) is 4. The highest BCUT2D eigenvalue weighted by atomic mass is 35.5. The van der Waals surface area contributed by atoms with E-state index in [4.69, 9.17) is 21.1 Å². The Kier molecular flexibility index (Phi) is 7.22. The summed E-state index contributed by atoms with van der Waals surface area (Å²) in [5.74, 6) is 1.73. The summed E-state index contributed by atoms with van der Waals surface area (Å²) in [6.07, 6.45) is 3.72. The summed E-state index contributed by atoms with van der Waals surface area (Å²) < 4.78 is 11.7. The molecule has 4 nitrogen and oxygen atoms in total. The molecule has 2 aliphatic rings. The van der Waals surface area contributed by atoms with Crippen molar-refractivity contribution in [1.82, 2.24) is 4.90 Å². The Morgan fingerprint density at radius 3 is 2.54 bits per heavy atom. The van der Waals surface area contributed by atoms with Crippen LogP contribution in [-0.4, -0.2) is 37.7 Å². The van der Waals surface area contributed by atoms with E-state index < -0.39 is 0 Å². The second-order valence-corrected chi connectivity index (χ2v) is 10.2. The molecule has 0 aromatic heterocycles. The lowest BCUT2D eigenvalue weighted by Crippen LogP contribution is -2.56. The SMILES string of the molecule is COc1cc(N2CCN3C(CCC[C@@H]3c3ccc(OCc4ccccc4)c(C)c3C)C2)ccc1Cl. The predicted octanol–water partition coefficient (Wildman–Crippen LogP) is 6.96. The van der Waals surface area contributed by atoms with Gasteiger partial charge in [0.25, 0.3) is 0 Å². The first kappa shape index (κ1) is 24.0. The van der Waals surface area contributed by atoms with Crippen LogP contribution in [0.25, 0.3) is 0 Å². The van der Waals surface area contributed by atoms with Crippen LogP contribution in [0, 0.1) is 13.8 Å². The normalized spacial score (nSPS) is 20.4. The maximum Gasteiger partial charge on any atom is 0.139 e. The zero-order valence-corrected chi connectivity index (χ0v) is 21.7. The first-order valence-electron chi connectivity index (χ1n) is 12.7. The van der Waals surface area contributed by atoms with Crippen LogP contribution in [0.3, 0.4) is 0 Å². The van der Waals surface area contributed by atoms with E-state index in [1.807, 2.05) is 12.1 Å². The first-order valence-corrected chi connectivity index (χ1v) is 13.0. The van der Waals surface area contributed by atoms with E-state index in [2.05, 4.69) is 72.2 Å². The van der Waals surface area contributed by atoms with Crippen molar-refractivity contribution in [3.63, 3.8) is 0 Å².